The summed E-state index contributed by atoms with van der Waals surface area (Å²) in [6, 6.07) is 0. The van der Waals surface area contributed by atoms with E-state index in [1.54, 1.807) is 6.20 Å². The van der Waals surface area contributed by atoms with E-state index in [0.29, 0.717) is 0 Å². The van der Waals surface area contributed by atoms with Gasteiger partial charge in [0.2, 0.25) is 7.98 Å². The van der Waals surface area contributed by atoms with Gasteiger partial charge >= 0.3 is 0 Å². The van der Waals surface area contributed by atoms with Crippen molar-refractivity contribution in [3.8, 4) is 0 Å². The third-order valence-electron chi connectivity index (χ3n) is 1.04. The Morgan fingerprint density at radius 1 is 1.67 bits per heavy atom. The maximum atomic E-state index is 5.13. The lowest BCUT2D eigenvalue weighted by atomic mass is 10.3. The highest BCUT2D eigenvalue weighted by Crippen LogP contribution is 1.96. The summed E-state index contributed by atoms with van der Waals surface area (Å²) in [5.41, 5.74) is 7.60. The first-order chi connectivity index (χ1) is 4.33. The molecule has 0 fully saturated rings. The zero-order chi connectivity index (χ0) is 6.69. The molecule has 0 spiro atoms. The molecule has 3 nitrogen and oxygen atoms in total. The van der Waals surface area contributed by atoms with Crippen molar-refractivity contribution in [3.05, 3.63) is 23.7 Å². The van der Waals surface area contributed by atoms with Gasteiger partial charge in [0.25, 0.3) is 0 Å². The number of rotatable bonds is 1. The van der Waals surface area contributed by atoms with Crippen molar-refractivity contribution < 1.29 is 0 Å². The summed E-state index contributed by atoms with van der Waals surface area (Å²) in [6.07, 6.45) is 3.64. The van der Waals surface area contributed by atoms with Crippen LogP contribution >= 0.6 is 0 Å². The van der Waals surface area contributed by atoms with Crippen molar-refractivity contribution in [2.75, 3.05) is 0 Å². The molecule has 0 bridgehead atoms. The molecular formula is C5H8BN3. The molecule has 46 valence electrons. The second-order valence-corrected chi connectivity index (χ2v) is 1.84. The largest absolute Gasteiger partial charge is 0.436 e. The molecule has 0 aliphatic carbocycles. The molecule has 1 aliphatic heterocycles. The van der Waals surface area contributed by atoms with Gasteiger partial charge in [0.05, 0.1) is 0 Å². The van der Waals surface area contributed by atoms with Gasteiger partial charge in [-0.1, -0.05) is 0 Å². The van der Waals surface area contributed by atoms with Gasteiger partial charge in [-0.05, 0) is 13.0 Å². The first-order valence-corrected chi connectivity index (χ1v) is 2.69. The van der Waals surface area contributed by atoms with Gasteiger partial charge in [-0.3, -0.25) is 0 Å². The fraction of sp³-hybridized carbons (Fsp3) is 0.200. The Bertz CT molecular complexity index is 162. The molecule has 0 aromatic heterocycles. The number of hydrazine groups is 1. The van der Waals surface area contributed by atoms with Crippen molar-refractivity contribution in [1.29, 1.82) is 0 Å². The van der Waals surface area contributed by atoms with Crippen LogP contribution in [0.5, 0.6) is 0 Å². The second kappa shape index (κ2) is 2.48. The highest BCUT2D eigenvalue weighted by atomic mass is 15.4. The first-order valence-electron chi connectivity index (χ1n) is 2.69. The van der Waals surface area contributed by atoms with Crippen LogP contribution in [0.3, 0.4) is 0 Å². The van der Waals surface area contributed by atoms with E-state index >= 15 is 0 Å². The van der Waals surface area contributed by atoms with Crippen molar-refractivity contribution >= 4 is 7.98 Å². The second-order valence-electron chi connectivity index (χ2n) is 1.84. The molecule has 3 N–H and O–H groups in total. The zero-order valence-corrected chi connectivity index (χ0v) is 5.23. The molecule has 0 saturated carbocycles. The van der Waals surface area contributed by atoms with E-state index in [9.17, 15) is 0 Å². The van der Waals surface area contributed by atoms with Gasteiger partial charge in [-0.25, -0.2) is 0 Å². The van der Waals surface area contributed by atoms with Gasteiger partial charge in [-0.2, -0.15) is 0 Å². The summed E-state index contributed by atoms with van der Waals surface area (Å²) in [7, 11) is 5.13. The molecule has 1 rings (SSSR count). The average Bonchev–Trinajstić information content (AvgIpc) is 1.88. The van der Waals surface area contributed by atoms with Crippen LogP contribution in [0.15, 0.2) is 23.7 Å². The van der Waals surface area contributed by atoms with Crippen LogP contribution in [0.2, 0.25) is 0 Å². The molecule has 4 heteroatoms. The molecule has 0 aromatic carbocycles. The average molecular weight is 121 g/mol. The molecule has 9 heavy (non-hydrogen) atoms. The molecule has 0 atom stereocenters. The molecule has 1 heterocycles. The quantitative estimate of drug-likeness (QED) is 0.410. The highest BCUT2D eigenvalue weighted by molar-refractivity contribution is 6.05. The Labute approximate surface area is 55.6 Å². The monoisotopic (exact) mass is 121 g/mol. The van der Waals surface area contributed by atoms with E-state index in [-0.39, 0.29) is 0 Å². The van der Waals surface area contributed by atoms with Crippen LogP contribution in [0.1, 0.15) is 6.92 Å². The van der Waals surface area contributed by atoms with Crippen LogP contribution in [-0.4, -0.2) is 7.98 Å². The Kier molecular flexibility index (Phi) is 1.67. The maximum absolute atomic E-state index is 5.13. The standard InChI is InChI=1S/C5H8BN3/c1-4-2-5(8-6)3-7-9-4/h2-3,7-9H,1H3. The normalized spacial score (nSPS) is 16.6. The zero-order valence-electron chi connectivity index (χ0n) is 5.23. The summed E-state index contributed by atoms with van der Waals surface area (Å²) in [5.74, 6) is 0. The van der Waals surface area contributed by atoms with Crippen LogP contribution in [0, 0.1) is 0 Å². The van der Waals surface area contributed by atoms with Gasteiger partial charge in [0.1, 0.15) is 0 Å². The lowest BCUT2D eigenvalue weighted by Crippen LogP contribution is -2.30. The number of hydrogen-bond donors (Lipinski definition) is 3. The third kappa shape index (κ3) is 1.42. The molecule has 2 radical (unpaired) electrons. The van der Waals surface area contributed by atoms with Crippen molar-refractivity contribution in [2.24, 2.45) is 0 Å². The number of hydrogen-bond acceptors (Lipinski definition) is 3. The Morgan fingerprint density at radius 3 is 2.89 bits per heavy atom. The smallest absolute Gasteiger partial charge is 0.222 e. The Hall–Kier alpha value is -1.06. The maximum Gasteiger partial charge on any atom is 0.222 e. The summed E-state index contributed by atoms with van der Waals surface area (Å²) in [5, 5.41) is 2.52. The van der Waals surface area contributed by atoms with Crippen LogP contribution in [0.4, 0.5) is 0 Å². The van der Waals surface area contributed by atoms with E-state index in [2.05, 4.69) is 16.1 Å². The minimum absolute atomic E-state index is 0.867. The fourth-order valence-electron chi connectivity index (χ4n) is 0.622. The first kappa shape index (κ1) is 6.07. The molecular weight excluding hydrogens is 113 g/mol. The minimum atomic E-state index is 0.867. The van der Waals surface area contributed by atoms with Crippen molar-refractivity contribution in [1.82, 2.24) is 16.1 Å². The lowest BCUT2D eigenvalue weighted by molar-refractivity contribution is 0.706. The van der Waals surface area contributed by atoms with Crippen LogP contribution in [0.25, 0.3) is 0 Å². The van der Waals surface area contributed by atoms with Gasteiger partial charge in [-0.15, -0.1) is 0 Å². The predicted octanol–water partition coefficient (Wildman–Crippen LogP) is -0.488. The topological polar surface area (TPSA) is 36.1 Å². The van der Waals surface area contributed by atoms with E-state index in [0.717, 1.165) is 11.4 Å². The van der Waals surface area contributed by atoms with Gasteiger partial charge < -0.3 is 16.1 Å². The SMILES string of the molecule is [B]NC1=CNNC(C)=C1. The minimum Gasteiger partial charge on any atom is -0.436 e. The predicted molar refractivity (Wildman–Crippen MR) is 37.0 cm³/mol. The number of nitrogens with one attached hydrogen (secondary N) is 3. The highest BCUT2D eigenvalue weighted by Gasteiger charge is 1.94. The molecule has 0 saturated heterocycles. The van der Waals surface area contributed by atoms with Crippen LogP contribution < -0.4 is 16.1 Å². The summed E-state index contributed by atoms with van der Waals surface area (Å²) in [4.78, 5) is 0. The molecule has 0 unspecified atom stereocenters. The van der Waals surface area contributed by atoms with E-state index in [1.165, 1.54) is 0 Å². The molecule has 0 aromatic rings. The third-order valence-corrected chi connectivity index (χ3v) is 1.04. The van der Waals surface area contributed by atoms with E-state index in [1.807, 2.05) is 13.0 Å². The Morgan fingerprint density at radius 2 is 2.44 bits per heavy atom. The van der Waals surface area contributed by atoms with E-state index in [4.69, 9.17) is 7.98 Å². The Balaban J connectivity index is 2.63. The summed E-state index contributed by atoms with van der Waals surface area (Å²) >= 11 is 0. The van der Waals surface area contributed by atoms with Crippen LogP contribution in [-0.2, 0) is 0 Å². The van der Waals surface area contributed by atoms with Crippen molar-refractivity contribution in [3.63, 3.8) is 0 Å². The molecule has 0 amide bonds. The van der Waals surface area contributed by atoms with E-state index < -0.39 is 0 Å². The number of allylic oxidation sites excluding steroid dienone is 2. The fourth-order valence-corrected chi connectivity index (χ4v) is 0.622. The van der Waals surface area contributed by atoms with Gasteiger partial charge in [0, 0.05) is 17.6 Å². The summed E-state index contributed by atoms with van der Waals surface area (Å²) in [6.45, 7) is 1.94. The van der Waals surface area contributed by atoms with Gasteiger partial charge in [0.15, 0.2) is 0 Å². The van der Waals surface area contributed by atoms with Crippen molar-refractivity contribution in [2.45, 2.75) is 6.92 Å². The molecule has 1 aliphatic rings. The summed E-state index contributed by atoms with van der Waals surface area (Å²) < 4.78 is 0. The lowest BCUT2D eigenvalue weighted by Gasteiger charge is -2.13.